The van der Waals surface area contributed by atoms with E-state index in [1.54, 1.807) is 30.3 Å². The average molecular weight is 422 g/mol. The van der Waals surface area contributed by atoms with Gasteiger partial charge in [-0.25, -0.2) is 4.98 Å². The van der Waals surface area contributed by atoms with Gasteiger partial charge in [0.2, 0.25) is 0 Å². The Hall–Kier alpha value is -3.07. The highest BCUT2D eigenvalue weighted by Gasteiger charge is 2.32. The number of nitrogens with zero attached hydrogens (tertiary/aromatic N) is 1. The normalized spacial score (nSPS) is 11.2. The van der Waals surface area contributed by atoms with E-state index >= 15 is 0 Å². The Labute approximate surface area is 169 Å². The first-order valence-corrected chi connectivity index (χ1v) is 9.44. The van der Waals surface area contributed by atoms with Crippen LogP contribution < -0.4 is 14.8 Å². The van der Waals surface area contributed by atoms with Gasteiger partial charge in [-0.3, -0.25) is 4.79 Å². The van der Waals surface area contributed by atoms with Crippen molar-refractivity contribution >= 4 is 17.2 Å². The molecular weight excluding hydrogens is 405 g/mol. The molecule has 3 aromatic rings. The van der Waals surface area contributed by atoms with Gasteiger partial charge in [-0.05, 0) is 37.3 Å². The second-order valence-electron chi connectivity index (χ2n) is 6.03. The minimum absolute atomic E-state index is 0.104. The number of rotatable bonds is 7. The van der Waals surface area contributed by atoms with E-state index in [2.05, 4.69) is 15.0 Å². The lowest BCUT2D eigenvalue weighted by molar-refractivity contribution is -0.274. The molecule has 1 amide bonds. The van der Waals surface area contributed by atoms with E-state index in [0.29, 0.717) is 17.9 Å². The molecule has 0 aliphatic rings. The molecule has 5 nitrogen and oxygen atoms in total. The second kappa shape index (κ2) is 8.95. The van der Waals surface area contributed by atoms with Crippen LogP contribution in [-0.4, -0.2) is 17.3 Å². The Morgan fingerprint density at radius 3 is 2.52 bits per heavy atom. The summed E-state index contributed by atoms with van der Waals surface area (Å²) < 4.78 is 47.0. The standard InChI is InChI=1S/C20H17F3N2O3S/c1-13-12-29-18(25-13)11-27-16-8-6-14(7-9-16)19(26)24-10-15-4-2-3-5-17(15)28-20(21,22)23/h2-9,12H,10-11H2,1H3,(H,24,26). The van der Waals surface area contributed by atoms with Crippen LogP contribution in [0.5, 0.6) is 11.5 Å². The van der Waals surface area contributed by atoms with Gasteiger partial charge in [0.25, 0.3) is 5.91 Å². The van der Waals surface area contributed by atoms with Crippen molar-refractivity contribution < 1.29 is 27.4 Å². The maximum atomic E-state index is 12.5. The summed E-state index contributed by atoms with van der Waals surface area (Å²) in [5.41, 5.74) is 1.51. The number of benzene rings is 2. The van der Waals surface area contributed by atoms with Crippen molar-refractivity contribution in [3.63, 3.8) is 0 Å². The van der Waals surface area contributed by atoms with Crippen LogP contribution in [0.25, 0.3) is 0 Å². The van der Waals surface area contributed by atoms with Crippen LogP contribution >= 0.6 is 11.3 Å². The molecule has 0 saturated carbocycles. The molecule has 0 atom stereocenters. The summed E-state index contributed by atoms with van der Waals surface area (Å²) in [6.07, 6.45) is -4.80. The van der Waals surface area contributed by atoms with Crippen molar-refractivity contribution in [3.8, 4) is 11.5 Å². The van der Waals surface area contributed by atoms with Gasteiger partial charge >= 0.3 is 6.36 Å². The molecule has 0 unspecified atom stereocenters. The van der Waals surface area contributed by atoms with Crippen molar-refractivity contribution in [1.29, 1.82) is 0 Å². The maximum Gasteiger partial charge on any atom is 0.573 e. The first-order valence-electron chi connectivity index (χ1n) is 8.56. The quantitative estimate of drug-likeness (QED) is 0.591. The van der Waals surface area contributed by atoms with Crippen LogP contribution in [0.1, 0.15) is 26.6 Å². The molecule has 0 aliphatic carbocycles. The molecule has 0 aliphatic heterocycles. The first kappa shape index (κ1) is 20.7. The molecule has 152 valence electrons. The van der Waals surface area contributed by atoms with Crippen LogP contribution in [0.2, 0.25) is 0 Å². The van der Waals surface area contributed by atoms with E-state index in [4.69, 9.17) is 4.74 Å². The Bertz CT molecular complexity index is 972. The Balaban J connectivity index is 1.56. The van der Waals surface area contributed by atoms with Crippen LogP contribution in [-0.2, 0) is 13.2 Å². The number of amides is 1. The van der Waals surface area contributed by atoms with Gasteiger partial charge in [0.15, 0.2) is 0 Å². The topological polar surface area (TPSA) is 60.5 Å². The van der Waals surface area contributed by atoms with Crippen molar-refractivity contribution in [2.75, 3.05) is 0 Å². The number of nitrogens with one attached hydrogen (secondary N) is 1. The van der Waals surface area contributed by atoms with E-state index < -0.39 is 12.3 Å². The summed E-state index contributed by atoms with van der Waals surface area (Å²) in [4.78, 5) is 16.6. The van der Waals surface area contributed by atoms with Gasteiger partial charge in [-0.1, -0.05) is 18.2 Å². The highest BCUT2D eigenvalue weighted by Crippen LogP contribution is 2.26. The van der Waals surface area contributed by atoms with Crippen molar-refractivity contribution in [2.45, 2.75) is 26.4 Å². The smallest absolute Gasteiger partial charge is 0.486 e. The molecule has 0 radical (unpaired) electrons. The number of thiazole rings is 1. The van der Waals surface area contributed by atoms with Gasteiger partial charge in [-0.2, -0.15) is 0 Å². The minimum atomic E-state index is -4.80. The monoisotopic (exact) mass is 422 g/mol. The summed E-state index contributed by atoms with van der Waals surface area (Å²) in [7, 11) is 0. The SMILES string of the molecule is Cc1csc(COc2ccc(C(=O)NCc3ccccc3OC(F)(F)F)cc2)n1. The highest BCUT2D eigenvalue weighted by atomic mass is 32.1. The predicted octanol–water partition coefficient (Wildman–Crippen LogP) is 4.86. The van der Waals surface area contributed by atoms with Gasteiger partial charge in [0.05, 0.1) is 0 Å². The zero-order valence-electron chi connectivity index (χ0n) is 15.3. The van der Waals surface area contributed by atoms with Crippen LogP contribution in [0.4, 0.5) is 13.2 Å². The molecule has 0 fully saturated rings. The van der Waals surface area contributed by atoms with Gasteiger partial charge in [0, 0.05) is 28.7 Å². The number of aromatic nitrogens is 1. The maximum absolute atomic E-state index is 12.5. The number of hydrogen-bond acceptors (Lipinski definition) is 5. The fourth-order valence-electron chi connectivity index (χ4n) is 2.47. The van der Waals surface area contributed by atoms with E-state index in [-0.39, 0.29) is 17.9 Å². The van der Waals surface area contributed by atoms with Crippen LogP contribution in [0.3, 0.4) is 0 Å². The molecule has 29 heavy (non-hydrogen) atoms. The van der Waals surface area contributed by atoms with Crippen LogP contribution in [0, 0.1) is 6.92 Å². The molecule has 0 bridgehead atoms. The number of carbonyl (C=O) groups excluding carboxylic acids is 1. The summed E-state index contributed by atoms with van der Waals surface area (Å²) >= 11 is 1.50. The van der Waals surface area contributed by atoms with E-state index in [0.717, 1.165) is 10.7 Å². The molecule has 1 aromatic heterocycles. The largest absolute Gasteiger partial charge is 0.573 e. The zero-order chi connectivity index (χ0) is 20.9. The molecule has 1 N–H and O–H groups in total. The Kier molecular flexibility index (Phi) is 6.38. The van der Waals surface area contributed by atoms with Crippen molar-refractivity contribution in [2.24, 2.45) is 0 Å². The summed E-state index contributed by atoms with van der Waals surface area (Å²) in [5, 5.41) is 5.37. The molecule has 1 heterocycles. The number of carbonyl (C=O) groups is 1. The number of alkyl halides is 3. The van der Waals surface area contributed by atoms with Gasteiger partial charge in [-0.15, -0.1) is 24.5 Å². The lowest BCUT2D eigenvalue weighted by atomic mass is 10.1. The number of para-hydroxylation sites is 1. The summed E-state index contributed by atoms with van der Waals surface area (Å²) in [5.74, 6) is -0.186. The van der Waals surface area contributed by atoms with Gasteiger partial charge < -0.3 is 14.8 Å². The average Bonchev–Trinajstić information content (AvgIpc) is 3.10. The zero-order valence-corrected chi connectivity index (χ0v) is 16.1. The fourth-order valence-corrected chi connectivity index (χ4v) is 3.15. The number of ether oxygens (including phenoxy) is 2. The fraction of sp³-hybridized carbons (Fsp3) is 0.200. The first-order chi connectivity index (χ1) is 13.8. The lowest BCUT2D eigenvalue weighted by Crippen LogP contribution is -2.24. The third-order valence-corrected chi connectivity index (χ3v) is 4.72. The molecule has 9 heteroatoms. The number of hydrogen-bond donors (Lipinski definition) is 1. The Morgan fingerprint density at radius 2 is 1.86 bits per heavy atom. The predicted molar refractivity (Wildman–Crippen MR) is 102 cm³/mol. The number of aryl methyl sites for hydroxylation is 1. The Morgan fingerprint density at radius 1 is 1.14 bits per heavy atom. The van der Waals surface area contributed by atoms with E-state index in [9.17, 15) is 18.0 Å². The number of halogens is 3. The molecule has 0 spiro atoms. The third-order valence-electron chi connectivity index (χ3n) is 3.78. The van der Waals surface area contributed by atoms with Crippen LogP contribution in [0.15, 0.2) is 53.9 Å². The van der Waals surface area contributed by atoms with Crippen molar-refractivity contribution in [1.82, 2.24) is 10.3 Å². The lowest BCUT2D eigenvalue weighted by Gasteiger charge is -2.13. The molecular formula is C20H17F3N2O3S. The molecule has 3 rings (SSSR count). The van der Waals surface area contributed by atoms with Gasteiger partial charge in [0.1, 0.15) is 23.1 Å². The summed E-state index contributed by atoms with van der Waals surface area (Å²) in [6, 6.07) is 12.1. The van der Waals surface area contributed by atoms with Crippen molar-refractivity contribution in [3.05, 3.63) is 75.7 Å². The highest BCUT2D eigenvalue weighted by molar-refractivity contribution is 7.09. The summed E-state index contributed by atoms with van der Waals surface area (Å²) in [6.45, 7) is 2.13. The molecule has 2 aromatic carbocycles. The minimum Gasteiger partial charge on any atom is -0.486 e. The van der Waals surface area contributed by atoms with E-state index in [1.165, 1.54) is 29.5 Å². The molecule has 0 saturated heterocycles. The van der Waals surface area contributed by atoms with E-state index in [1.807, 2.05) is 12.3 Å². The third kappa shape index (κ3) is 6.21. The second-order valence-corrected chi connectivity index (χ2v) is 6.98.